The van der Waals surface area contributed by atoms with Gasteiger partial charge in [0, 0.05) is 0 Å². The minimum atomic E-state index is -1.26. The smallest absolute Gasteiger partial charge is 0.258 e. The van der Waals surface area contributed by atoms with Crippen molar-refractivity contribution >= 4 is 28.8 Å². The van der Waals surface area contributed by atoms with E-state index in [2.05, 4.69) is 20.3 Å². The number of imidazole rings is 1. The molecule has 1 saturated heterocycles. The van der Waals surface area contributed by atoms with Gasteiger partial charge >= 0.3 is 0 Å². The van der Waals surface area contributed by atoms with Gasteiger partial charge in [-0.3, -0.25) is 4.79 Å². The Bertz CT molecular complexity index is 1120. The van der Waals surface area contributed by atoms with Gasteiger partial charge in [-0.1, -0.05) is 18.2 Å². The molecule has 0 spiro atoms. The van der Waals surface area contributed by atoms with E-state index in [9.17, 15) is 15.0 Å². The van der Waals surface area contributed by atoms with E-state index in [-0.39, 0.29) is 31.5 Å². The molecule has 0 saturated carbocycles. The van der Waals surface area contributed by atoms with Crippen LogP contribution >= 0.6 is 0 Å². The van der Waals surface area contributed by atoms with E-state index in [0.717, 1.165) is 5.56 Å². The number of amides is 1. The number of carbonyl (C=O) groups excluding carboxylic acids is 1. The second-order valence-corrected chi connectivity index (χ2v) is 7.62. The Labute approximate surface area is 183 Å². The Balaban J connectivity index is 1.35. The maximum absolute atomic E-state index is 12.3. The maximum atomic E-state index is 12.3. The zero-order valence-corrected chi connectivity index (χ0v) is 17.4. The Morgan fingerprint density at radius 3 is 2.84 bits per heavy atom. The number of nitrogens with one attached hydrogen (secondary N) is 1. The molecule has 32 heavy (non-hydrogen) atoms. The number of aliphatic hydroxyl groups excluding tert-OH is 2. The highest BCUT2D eigenvalue weighted by molar-refractivity contribution is 5.82. The van der Waals surface area contributed by atoms with Gasteiger partial charge in [-0.25, -0.2) is 4.98 Å². The van der Waals surface area contributed by atoms with Crippen molar-refractivity contribution in [1.82, 2.24) is 24.8 Å². The number of hydrogen-bond donors (Lipinski definition) is 5. The third-order valence-electron chi connectivity index (χ3n) is 5.32. The molecule has 1 aliphatic heterocycles. The number of nitrogens with zero attached hydrogens (tertiary/aromatic N) is 4. The summed E-state index contributed by atoms with van der Waals surface area (Å²) in [5, 5.41) is 23.8. The number of aromatic nitrogens is 4. The van der Waals surface area contributed by atoms with E-state index >= 15 is 0 Å². The molecule has 170 valence electrons. The van der Waals surface area contributed by atoms with Gasteiger partial charge in [0.1, 0.15) is 29.6 Å². The summed E-state index contributed by atoms with van der Waals surface area (Å²) in [5.74, 6) is 0.319. The van der Waals surface area contributed by atoms with Crippen LogP contribution in [0.3, 0.4) is 0 Å². The molecular weight excluding hydrogens is 418 g/mol. The normalized spacial score (nSPS) is 23.2. The van der Waals surface area contributed by atoms with Crippen molar-refractivity contribution in [2.45, 2.75) is 37.8 Å². The fraction of sp³-hybridized carbons (Fsp3) is 0.400. The molecule has 7 N–H and O–H groups in total. The summed E-state index contributed by atoms with van der Waals surface area (Å²) in [6.45, 7) is 1.80. The first-order chi connectivity index (χ1) is 15.3. The van der Waals surface area contributed by atoms with Crippen LogP contribution in [0, 0.1) is 6.92 Å². The largest absolute Gasteiger partial charge is 0.484 e. The van der Waals surface area contributed by atoms with E-state index in [1.54, 1.807) is 10.6 Å². The van der Waals surface area contributed by atoms with Crippen LogP contribution in [0.4, 0.5) is 11.8 Å². The second kappa shape index (κ2) is 8.94. The molecule has 4 atom stereocenters. The molecule has 0 bridgehead atoms. The highest BCUT2D eigenvalue weighted by Crippen LogP contribution is 2.22. The summed E-state index contributed by atoms with van der Waals surface area (Å²) < 4.78 is 12.9. The predicted octanol–water partition coefficient (Wildman–Crippen LogP) is -1.02. The number of para-hydroxylation sites is 1. The molecule has 1 fully saturated rings. The number of nitrogens with two attached hydrogens (primary N) is 2. The minimum Gasteiger partial charge on any atom is -0.484 e. The van der Waals surface area contributed by atoms with Gasteiger partial charge in [-0.05, 0) is 18.6 Å². The van der Waals surface area contributed by atoms with Crippen LogP contribution in [-0.2, 0) is 16.1 Å². The minimum absolute atomic E-state index is 0.00452. The molecule has 1 aromatic carbocycles. The number of ether oxygens (including phenoxy) is 2. The van der Waals surface area contributed by atoms with E-state index < -0.39 is 30.3 Å². The van der Waals surface area contributed by atoms with Gasteiger partial charge in [-0.15, -0.1) is 0 Å². The number of rotatable bonds is 6. The molecule has 0 unspecified atom stereocenters. The number of carbonyl (C=O) groups is 1. The number of hydrogen-bond acceptors (Lipinski definition) is 10. The molecule has 2 aromatic heterocycles. The average molecular weight is 443 g/mol. The molecular formula is C20H25N7O5. The summed E-state index contributed by atoms with van der Waals surface area (Å²) >= 11 is 0. The van der Waals surface area contributed by atoms with Crippen molar-refractivity contribution in [3.8, 4) is 5.75 Å². The van der Waals surface area contributed by atoms with Crippen LogP contribution in [0.5, 0.6) is 5.75 Å². The summed E-state index contributed by atoms with van der Waals surface area (Å²) in [5.41, 5.74) is 13.2. The number of benzene rings is 1. The quantitative estimate of drug-likeness (QED) is 0.316. The Morgan fingerprint density at radius 2 is 2.06 bits per heavy atom. The lowest BCUT2D eigenvalue weighted by atomic mass is 9.98. The average Bonchev–Trinajstić information content (AvgIpc) is 3.15. The molecule has 1 aliphatic rings. The van der Waals surface area contributed by atoms with Crippen molar-refractivity contribution in [2.24, 2.45) is 0 Å². The lowest BCUT2D eigenvalue weighted by molar-refractivity contribution is -0.158. The first kappa shape index (κ1) is 21.7. The number of aryl methyl sites for hydroxylation is 1. The van der Waals surface area contributed by atoms with Crippen molar-refractivity contribution in [2.75, 3.05) is 24.7 Å². The maximum Gasteiger partial charge on any atom is 0.258 e. The molecule has 0 aliphatic carbocycles. The summed E-state index contributed by atoms with van der Waals surface area (Å²) in [7, 11) is 0. The van der Waals surface area contributed by atoms with Gasteiger partial charge in [0.15, 0.2) is 18.1 Å². The van der Waals surface area contributed by atoms with Crippen LogP contribution in [0.25, 0.3) is 11.2 Å². The highest BCUT2D eigenvalue weighted by atomic mass is 16.5. The molecule has 3 aromatic rings. The van der Waals surface area contributed by atoms with Gasteiger partial charge in [0.05, 0.1) is 25.5 Å². The topological polar surface area (TPSA) is 184 Å². The Kier molecular flexibility index (Phi) is 6.08. The van der Waals surface area contributed by atoms with E-state index in [0.29, 0.717) is 16.9 Å². The van der Waals surface area contributed by atoms with E-state index in [1.807, 2.05) is 25.1 Å². The van der Waals surface area contributed by atoms with E-state index in [4.69, 9.17) is 20.9 Å². The highest BCUT2D eigenvalue weighted by Gasteiger charge is 2.39. The van der Waals surface area contributed by atoms with Crippen molar-refractivity contribution in [3.63, 3.8) is 0 Å². The second-order valence-electron chi connectivity index (χ2n) is 7.62. The first-order valence-corrected chi connectivity index (χ1v) is 10.0. The third kappa shape index (κ3) is 4.42. The zero-order chi connectivity index (χ0) is 22.8. The van der Waals surface area contributed by atoms with Gasteiger partial charge in [0.2, 0.25) is 5.95 Å². The van der Waals surface area contributed by atoms with Crippen molar-refractivity contribution < 1.29 is 24.5 Å². The fourth-order valence-corrected chi connectivity index (χ4v) is 3.64. The molecule has 1 amide bonds. The standard InChI is InChI=1S/C20H25N7O5/c1-10-4-2-3-5-12(10)32-8-14(28)24-11-7-31-13(17(30)16(11)29)6-27-9-23-19-15(27)18(21)25-20(22)26-19/h2-5,9,11,13,16-17,29-30H,6-8H2,1H3,(H,24,28)(H4,21,22,25,26)/t11-,13-,16+,17-/m1/s1. The van der Waals surface area contributed by atoms with Crippen LogP contribution in [0.1, 0.15) is 5.56 Å². The third-order valence-corrected chi connectivity index (χ3v) is 5.32. The number of anilines is 2. The SMILES string of the molecule is Cc1ccccc1OCC(=O)N[C@@H]1CO[C@H](Cn2cnc3nc(N)nc(N)c32)[C@@H](O)[C@H]1O. The molecule has 12 nitrogen and oxygen atoms in total. The first-order valence-electron chi connectivity index (χ1n) is 10.0. The van der Waals surface area contributed by atoms with Crippen LogP contribution < -0.4 is 21.5 Å². The summed E-state index contributed by atoms with van der Waals surface area (Å²) in [6.07, 6.45) is -1.79. The molecule has 0 radical (unpaired) electrons. The van der Waals surface area contributed by atoms with Gasteiger partial charge in [-0.2, -0.15) is 9.97 Å². The van der Waals surface area contributed by atoms with Gasteiger partial charge in [0.25, 0.3) is 5.91 Å². The van der Waals surface area contributed by atoms with Crippen LogP contribution in [0.15, 0.2) is 30.6 Å². The van der Waals surface area contributed by atoms with E-state index in [1.165, 1.54) is 6.33 Å². The zero-order valence-electron chi connectivity index (χ0n) is 17.4. The number of fused-ring (bicyclic) bond motifs is 1. The lowest BCUT2D eigenvalue weighted by Crippen LogP contribution is -2.60. The van der Waals surface area contributed by atoms with Crippen molar-refractivity contribution in [1.29, 1.82) is 0 Å². The van der Waals surface area contributed by atoms with Crippen molar-refractivity contribution in [3.05, 3.63) is 36.2 Å². The van der Waals surface area contributed by atoms with Crippen LogP contribution in [-0.4, -0.2) is 73.2 Å². The summed E-state index contributed by atoms with van der Waals surface area (Å²) in [4.78, 5) is 24.3. The lowest BCUT2D eigenvalue weighted by Gasteiger charge is -2.38. The predicted molar refractivity (Wildman–Crippen MR) is 115 cm³/mol. The molecule has 3 heterocycles. The fourth-order valence-electron chi connectivity index (χ4n) is 3.64. The monoisotopic (exact) mass is 443 g/mol. The molecule has 4 rings (SSSR count). The number of nitrogen functional groups attached to an aromatic ring is 2. The number of aliphatic hydroxyl groups is 2. The Hall–Kier alpha value is -3.48. The Morgan fingerprint density at radius 1 is 1.28 bits per heavy atom. The summed E-state index contributed by atoms with van der Waals surface area (Å²) in [6, 6.07) is 6.54. The van der Waals surface area contributed by atoms with Crippen LogP contribution in [0.2, 0.25) is 0 Å². The van der Waals surface area contributed by atoms with Gasteiger partial charge < -0.3 is 41.0 Å². The molecule has 12 heteroatoms.